The lowest BCUT2D eigenvalue weighted by atomic mass is 10.1. The first-order valence-electron chi connectivity index (χ1n) is 7.17. The van der Waals surface area contributed by atoms with Gasteiger partial charge in [-0.3, -0.25) is 4.79 Å². The van der Waals surface area contributed by atoms with Gasteiger partial charge in [-0.05, 0) is 25.3 Å². The molecular formula is C17H20N2OS. The molecule has 1 N–H and O–H groups in total. The Morgan fingerprint density at radius 2 is 2.10 bits per heavy atom. The number of hydrogen-bond acceptors (Lipinski definition) is 3. The van der Waals surface area contributed by atoms with E-state index in [1.54, 1.807) is 11.3 Å². The highest BCUT2D eigenvalue weighted by Crippen LogP contribution is 2.13. The van der Waals surface area contributed by atoms with Crippen LogP contribution in [0.1, 0.15) is 34.4 Å². The third-order valence-electron chi connectivity index (χ3n) is 3.09. The topological polar surface area (TPSA) is 42.0 Å². The molecule has 0 atom stereocenters. The van der Waals surface area contributed by atoms with E-state index in [2.05, 4.69) is 22.4 Å². The quantitative estimate of drug-likeness (QED) is 0.627. The zero-order chi connectivity index (χ0) is 14.9. The van der Waals surface area contributed by atoms with Crippen molar-refractivity contribution in [2.24, 2.45) is 0 Å². The second kappa shape index (κ2) is 8.37. The van der Waals surface area contributed by atoms with Crippen molar-refractivity contribution < 1.29 is 4.79 Å². The molecule has 2 aromatic rings. The van der Waals surface area contributed by atoms with Gasteiger partial charge in [-0.15, -0.1) is 11.3 Å². The Morgan fingerprint density at radius 1 is 1.29 bits per heavy atom. The number of nitrogens with one attached hydrogen (secondary N) is 1. The molecule has 110 valence electrons. The van der Waals surface area contributed by atoms with Gasteiger partial charge < -0.3 is 5.32 Å². The average molecular weight is 300 g/mol. The predicted octanol–water partition coefficient (Wildman–Crippen LogP) is 3.62. The van der Waals surface area contributed by atoms with Gasteiger partial charge in [-0.2, -0.15) is 0 Å². The molecule has 1 aromatic carbocycles. The smallest absolute Gasteiger partial charge is 0.270 e. The summed E-state index contributed by atoms with van der Waals surface area (Å²) < 4.78 is 0. The normalized spacial score (nSPS) is 10.9. The van der Waals surface area contributed by atoms with E-state index < -0.39 is 0 Å². The number of aryl methyl sites for hydroxylation is 2. The van der Waals surface area contributed by atoms with Crippen molar-refractivity contribution in [3.05, 3.63) is 64.1 Å². The molecule has 0 saturated heterocycles. The molecule has 0 radical (unpaired) electrons. The van der Waals surface area contributed by atoms with Crippen molar-refractivity contribution >= 4 is 17.2 Å². The van der Waals surface area contributed by atoms with Crippen LogP contribution in [0, 0.1) is 0 Å². The van der Waals surface area contributed by atoms with Gasteiger partial charge in [0.1, 0.15) is 5.69 Å². The Labute approximate surface area is 129 Å². The van der Waals surface area contributed by atoms with Gasteiger partial charge >= 0.3 is 0 Å². The molecule has 4 heteroatoms. The summed E-state index contributed by atoms with van der Waals surface area (Å²) in [5.74, 6) is -0.0817. The minimum atomic E-state index is -0.0817. The van der Waals surface area contributed by atoms with Crippen LogP contribution >= 0.6 is 11.3 Å². The van der Waals surface area contributed by atoms with Crippen molar-refractivity contribution in [2.45, 2.75) is 26.2 Å². The van der Waals surface area contributed by atoms with E-state index in [1.807, 2.05) is 42.7 Å². The number of benzene rings is 1. The van der Waals surface area contributed by atoms with Gasteiger partial charge in [-0.25, -0.2) is 4.98 Å². The number of amides is 1. The number of rotatable bonds is 7. The first kappa shape index (κ1) is 15.4. The van der Waals surface area contributed by atoms with Crippen molar-refractivity contribution in [1.82, 2.24) is 10.3 Å². The van der Waals surface area contributed by atoms with Gasteiger partial charge in [-0.1, -0.05) is 42.5 Å². The molecule has 21 heavy (non-hydrogen) atoms. The Morgan fingerprint density at radius 3 is 2.86 bits per heavy atom. The minimum Gasteiger partial charge on any atom is -0.350 e. The summed E-state index contributed by atoms with van der Waals surface area (Å²) in [6.07, 6.45) is 6.70. The van der Waals surface area contributed by atoms with Crippen LogP contribution in [0.5, 0.6) is 0 Å². The monoisotopic (exact) mass is 300 g/mol. The Hall–Kier alpha value is -1.94. The van der Waals surface area contributed by atoms with Crippen LogP contribution < -0.4 is 5.32 Å². The summed E-state index contributed by atoms with van der Waals surface area (Å²) in [6, 6.07) is 10.3. The summed E-state index contributed by atoms with van der Waals surface area (Å²) in [6.45, 7) is 2.63. The number of thiazole rings is 1. The standard InChI is InChI=1S/C17H20N2OS/c1-2-3-7-12-18-17(20)15-13-21-16(19-15)11-10-14-8-5-4-6-9-14/h2-6,8-9,13H,7,10-12H2,1H3,(H,18,20)/b3-2+. The van der Waals surface area contributed by atoms with Crippen molar-refractivity contribution in [3.63, 3.8) is 0 Å². The fourth-order valence-corrected chi connectivity index (χ4v) is 2.73. The molecule has 2 rings (SSSR count). The predicted molar refractivity (Wildman–Crippen MR) is 87.7 cm³/mol. The Bertz CT molecular complexity index is 590. The second-order valence-electron chi connectivity index (χ2n) is 4.73. The first-order valence-corrected chi connectivity index (χ1v) is 8.05. The molecular weight excluding hydrogens is 280 g/mol. The summed E-state index contributed by atoms with van der Waals surface area (Å²) in [5, 5.41) is 5.73. The molecule has 0 saturated carbocycles. The van der Waals surface area contributed by atoms with E-state index in [0.717, 1.165) is 24.3 Å². The first-order chi connectivity index (χ1) is 10.3. The van der Waals surface area contributed by atoms with E-state index in [1.165, 1.54) is 5.56 Å². The van der Waals surface area contributed by atoms with Crippen molar-refractivity contribution in [3.8, 4) is 0 Å². The lowest BCUT2D eigenvalue weighted by Crippen LogP contribution is -2.24. The summed E-state index contributed by atoms with van der Waals surface area (Å²) in [4.78, 5) is 16.3. The Balaban J connectivity index is 1.82. The van der Waals surface area contributed by atoms with Crippen LogP contribution in [0.2, 0.25) is 0 Å². The fraction of sp³-hybridized carbons (Fsp3) is 0.294. The van der Waals surface area contributed by atoms with Crippen LogP contribution in [-0.2, 0) is 12.8 Å². The molecule has 1 amide bonds. The highest BCUT2D eigenvalue weighted by molar-refractivity contribution is 7.09. The van der Waals surface area contributed by atoms with Gasteiger partial charge in [0.05, 0.1) is 5.01 Å². The maximum absolute atomic E-state index is 11.9. The maximum atomic E-state index is 11.9. The minimum absolute atomic E-state index is 0.0817. The highest BCUT2D eigenvalue weighted by atomic mass is 32.1. The number of carbonyl (C=O) groups excluding carboxylic acids is 1. The zero-order valence-electron chi connectivity index (χ0n) is 12.2. The number of aromatic nitrogens is 1. The van der Waals surface area contributed by atoms with Gasteiger partial charge in [0.2, 0.25) is 0 Å². The van der Waals surface area contributed by atoms with E-state index in [0.29, 0.717) is 12.2 Å². The van der Waals surface area contributed by atoms with E-state index in [4.69, 9.17) is 0 Å². The molecule has 0 spiro atoms. The molecule has 0 bridgehead atoms. The van der Waals surface area contributed by atoms with Gasteiger partial charge in [0, 0.05) is 18.3 Å². The van der Waals surface area contributed by atoms with Crippen LogP contribution in [0.3, 0.4) is 0 Å². The van der Waals surface area contributed by atoms with Crippen LogP contribution in [0.4, 0.5) is 0 Å². The van der Waals surface area contributed by atoms with Crippen LogP contribution in [0.15, 0.2) is 47.9 Å². The average Bonchev–Trinajstić information content (AvgIpc) is 2.99. The molecule has 1 heterocycles. The molecule has 0 aliphatic carbocycles. The lowest BCUT2D eigenvalue weighted by molar-refractivity contribution is 0.0950. The summed E-state index contributed by atoms with van der Waals surface area (Å²) >= 11 is 1.55. The Kier molecular flexibility index (Phi) is 6.16. The van der Waals surface area contributed by atoms with E-state index in [9.17, 15) is 4.79 Å². The van der Waals surface area contributed by atoms with E-state index in [-0.39, 0.29) is 5.91 Å². The van der Waals surface area contributed by atoms with E-state index >= 15 is 0 Å². The number of hydrogen-bond donors (Lipinski definition) is 1. The largest absolute Gasteiger partial charge is 0.350 e. The number of allylic oxidation sites excluding steroid dienone is 1. The SMILES string of the molecule is C/C=C/CCNC(=O)c1csc(CCc2ccccc2)n1. The summed E-state index contributed by atoms with van der Waals surface area (Å²) in [7, 11) is 0. The fourth-order valence-electron chi connectivity index (χ4n) is 1.95. The van der Waals surface area contributed by atoms with Crippen LogP contribution in [0.25, 0.3) is 0 Å². The molecule has 3 nitrogen and oxygen atoms in total. The maximum Gasteiger partial charge on any atom is 0.270 e. The third kappa shape index (κ3) is 5.16. The zero-order valence-corrected chi connectivity index (χ0v) is 13.0. The van der Waals surface area contributed by atoms with Gasteiger partial charge in [0.25, 0.3) is 5.91 Å². The molecule has 0 aliphatic rings. The van der Waals surface area contributed by atoms with Crippen LogP contribution in [-0.4, -0.2) is 17.4 Å². The molecule has 0 unspecified atom stereocenters. The molecule has 0 fully saturated rings. The molecule has 1 aromatic heterocycles. The van der Waals surface area contributed by atoms with Gasteiger partial charge in [0.15, 0.2) is 0 Å². The van der Waals surface area contributed by atoms with Crippen molar-refractivity contribution in [1.29, 1.82) is 0 Å². The number of carbonyl (C=O) groups is 1. The molecule has 0 aliphatic heterocycles. The third-order valence-corrected chi connectivity index (χ3v) is 4.00. The second-order valence-corrected chi connectivity index (χ2v) is 5.67. The number of nitrogens with zero attached hydrogens (tertiary/aromatic N) is 1. The highest BCUT2D eigenvalue weighted by Gasteiger charge is 2.09. The van der Waals surface area contributed by atoms with Crippen molar-refractivity contribution in [2.75, 3.05) is 6.54 Å². The summed E-state index contributed by atoms with van der Waals surface area (Å²) in [5.41, 5.74) is 1.83. The lowest BCUT2D eigenvalue weighted by Gasteiger charge is -2.00.